The Labute approximate surface area is 139 Å². The van der Waals surface area contributed by atoms with Crippen molar-refractivity contribution in [3.63, 3.8) is 0 Å². The van der Waals surface area contributed by atoms with Crippen molar-refractivity contribution in [1.82, 2.24) is 9.80 Å². The van der Waals surface area contributed by atoms with Crippen LogP contribution in [0.4, 0.5) is 13.2 Å². The summed E-state index contributed by atoms with van der Waals surface area (Å²) in [6, 6.07) is 9.42. The molecule has 1 atom stereocenters. The number of likely N-dealkylation sites (tertiary alicyclic amines) is 1. The van der Waals surface area contributed by atoms with E-state index in [1.54, 1.807) is 4.90 Å². The zero-order valence-electron chi connectivity index (χ0n) is 13.6. The highest BCUT2D eigenvalue weighted by atomic mass is 19.4. The van der Waals surface area contributed by atoms with E-state index in [0.717, 1.165) is 10.5 Å². The van der Waals surface area contributed by atoms with Gasteiger partial charge < -0.3 is 9.80 Å². The molecule has 0 bridgehead atoms. The van der Waals surface area contributed by atoms with Gasteiger partial charge in [0.1, 0.15) is 0 Å². The number of hydrogen-bond donors (Lipinski definition) is 0. The molecule has 132 valence electrons. The van der Waals surface area contributed by atoms with Crippen LogP contribution in [0, 0.1) is 5.92 Å². The molecule has 1 heterocycles. The van der Waals surface area contributed by atoms with Gasteiger partial charge in [-0.2, -0.15) is 13.2 Å². The minimum absolute atomic E-state index is 0.0485. The first-order valence-electron chi connectivity index (χ1n) is 8.01. The van der Waals surface area contributed by atoms with E-state index in [4.69, 9.17) is 0 Å². The summed E-state index contributed by atoms with van der Waals surface area (Å²) >= 11 is 0. The van der Waals surface area contributed by atoms with Crippen molar-refractivity contribution in [1.29, 1.82) is 0 Å². The van der Waals surface area contributed by atoms with Crippen LogP contribution in [0.1, 0.15) is 25.3 Å². The third-order valence-corrected chi connectivity index (χ3v) is 4.21. The lowest BCUT2D eigenvalue weighted by molar-refractivity contribution is -0.187. The summed E-state index contributed by atoms with van der Waals surface area (Å²) < 4.78 is 37.8. The molecular formula is C17H21F3N2O2. The van der Waals surface area contributed by atoms with E-state index in [0.29, 0.717) is 25.9 Å². The summed E-state index contributed by atoms with van der Waals surface area (Å²) in [6.07, 6.45) is -3.98. The molecule has 0 aromatic heterocycles. The molecule has 0 N–H and O–H groups in total. The van der Waals surface area contributed by atoms with Crippen LogP contribution in [0.25, 0.3) is 0 Å². The maximum Gasteiger partial charge on any atom is 0.471 e. The third-order valence-electron chi connectivity index (χ3n) is 4.21. The quantitative estimate of drug-likeness (QED) is 0.844. The highest BCUT2D eigenvalue weighted by Crippen LogP contribution is 2.25. The second kappa shape index (κ2) is 7.68. The van der Waals surface area contributed by atoms with E-state index in [2.05, 4.69) is 0 Å². The Kier molecular flexibility index (Phi) is 5.85. The zero-order valence-corrected chi connectivity index (χ0v) is 13.6. The number of piperidine rings is 1. The molecular weight excluding hydrogens is 321 g/mol. The number of carbonyl (C=O) groups excluding carboxylic acids is 2. The van der Waals surface area contributed by atoms with Gasteiger partial charge in [0.25, 0.3) is 0 Å². The van der Waals surface area contributed by atoms with E-state index in [-0.39, 0.29) is 19.0 Å². The highest BCUT2D eigenvalue weighted by Gasteiger charge is 2.44. The average Bonchev–Trinajstić information content (AvgIpc) is 2.58. The smallest absolute Gasteiger partial charge is 0.338 e. The Morgan fingerprint density at radius 1 is 1.25 bits per heavy atom. The predicted octanol–water partition coefficient (Wildman–Crippen LogP) is 2.84. The topological polar surface area (TPSA) is 40.6 Å². The summed E-state index contributed by atoms with van der Waals surface area (Å²) in [7, 11) is 0. The minimum Gasteiger partial charge on any atom is -0.338 e. The fourth-order valence-electron chi connectivity index (χ4n) is 2.95. The molecule has 1 saturated heterocycles. The van der Waals surface area contributed by atoms with Gasteiger partial charge in [0.05, 0.1) is 5.92 Å². The number of carbonyl (C=O) groups is 2. The van der Waals surface area contributed by atoms with Crippen molar-refractivity contribution < 1.29 is 22.8 Å². The highest BCUT2D eigenvalue weighted by molar-refractivity contribution is 5.84. The Morgan fingerprint density at radius 2 is 1.92 bits per heavy atom. The van der Waals surface area contributed by atoms with Crippen LogP contribution in [-0.4, -0.2) is 47.4 Å². The number of nitrogens with zero attached hydrogens (tertiary/aromatic N) is 2. The van der Waals surface area contributed by atoms with Gasteiger partial charge in [-0.25, -0.2) is 0 Å². The van der Waals surface area contributed by atoms with Crippen molar-refractivity contribution in [3.05, 3.63) is 35.9 Å². The van der Waals surface area contributed by atoms with Crippen LogP contribution in [0.15, 0.2) is 30.3 Å². The molecule has 4 nitrogen and oxygen atoms in total. The largest absolute Gasteiger partial charge is 0.471 e. The molecule has 0 saturated carbocycles. The SMILES string of the molecule is CCN(Cc1ccccc1)C(=O)C1CCCN(C(=O)C(F)(F)F)C1. The summed E-state index contributed by atoms with van der Waals surface area (Å²) in [5.74, 6) is -2.62. The second-order valence-corrected chi connectivity index (χ2v) is 5.93. The molecule has 1 aliphatic heterocycles. The summed E-state index contributed by atoms with van der Waals surface area (Å²) in [6.45, 7) is 2.61. The number of amides is 2. The molecule has 1 fully saturated rings. The standard InChI is InChI=1S/C17H21F3N2O2/c1-2-21(11-13-7-4-3-5-8-13)15(23)14-9-6-10-22(12-14)16(24)17(18,19)20/h3-5,7-8,14H,2,6,9-12H2,1H3. The number of alkyl halides is 3. The number of rotatable bonds is 4. The van der Waals surface area contributed by atoms with Crippen LogP contribution < -0.4 is 0 Å². The molecule has 1 aromatic carbocycles. The molecule has 7 heteroatoms. The monoisotopic (exact) mass is 342 g/mol. The van der Waals surface area contributed by atoms with Crippen LogP contribution in [0.5, 0.6) is 0 Å². The molecule has 0 spiro atoms. The first-order valence-corrected chi connectivity index (χ1v) is 8.01. The van der Waals surface area contributed by atoms with E-state index >= 15 is 0 Å². The molecule has 1 aliphatic rings. The van der Waals surface area contributed by atoms with Crippen LogP contribution in [-0.2, 0) is 16.1 Å². The van der Waals surface area contributed by atoms with Gasteiger partial charge in [-0.05, 0) is 25.3 Å². The lowest BCUT2D eigenvalue weighted by Gasteiger charge is -2.35. The Balaban J connectivity index is 2.03. The normalized spacial score (nSPS) is 18.3. The van der Waals surface area contributed by atoms with Crippen molar-refractivity contribution >= 4 is 11.8 Å². The van der Waals surface area contributed by atoms with Crippen LogP contribution >= 0.6 is 0 Å². The van der Waals surface area contributed by atoms with Gasteiger partial charge in [0.15, 0.2) is 0 Å². The molecule has 24 heavy (non-hydrogen) atoms. The zero-order chi connectivity index (χ0) is 17.7. The molecule has 1 unspecified atom stereocenters. The minimum atomic E-state index is -4.89. The number of halogens is 3. The maximum atomic E-state index is 12.7. The average molecular weight is 342 g/mol. The fraction of sp³-hybridized carbons (Fsp3) is 0.529. The molecule has 2 amide bonds. The van der Waals surface area contributed by atoms with Gasteiger partial charge in [-0.15, -0.1) is 0 Å². The van der Waals surface area contributed by atoms with Crippen LogP contribution in [0.3, 0.4) is 0 Å². The number of benzene rings is 1. The third kappa shape index (κ3) is 4.49. The van der Waals surface area contributed by atoms with E-state index in [9.17, 15) is 22.8 Å². The van der Waals surface area contributed by atoms with Gasteiger partial charge in [0.2, 0.25) is 5.91 Å². The summed E-state index contributed by atoms with van der Waals surface area (Å²) in [5.41, 5.74) is 0.965. The van der Waals surface area contributed by atoms with Gasteiger partial charge >= 0.3 is 12.1 Å². The van der Waals surface area contributed by atoms with Crippen molar-refractivity contribution in [2.45, 2.75) is 32.5 Å². The molecule has 1 aromatic rings. The van der Waals surface area contributed by atoms with E-state index in [1.165, 1.54) is 0 Å². The van der Waals surface area contributed by atoms with Gasteiger partial charge in [-0.3, -0.25) is 9.59 Å². The molecule has 0 aliphatic carbocycles. The maximum absolute atomic E-state index is 12.7. The first kappa shape index (κ1) is 18.3. The Bertz CT molecular complexity index is 575. The van der Waals surface area contributed by atoms with E-state index in [1.807, 2.05) is 37.3 Å². The van der Waals surface area contributed by atoms with Crippen LogP contribution in [0.2, 0.25) is 0 Å². The first-order chi connectivity index (χ1) is 11.3. The summed E-state index contributed by atoms with van der Waals surface area (Å²) in [4.78, 5) is 26.4. The lowest BCUT2D eigenvalue weighted by Crippen LogP contribution is -2.50. The second-order valence-electron chi connectivity index (χ2n) is 5.93. The van der Waals surface area contributed by atoms with Crippen molar-refractivity contribution in [2.75, 3.05) is 19.6 Å². The Hall–Kier alpha value is -2.05. The predicted molar refractivity (Wildman–Crippen MR) is 82.9 cm³/mol. The molecule has 0 radical (unpaired) electrons. The van der Waals surface area contributed by atoms with Crippen molar-refractivity contribution in [2.24, 2.45) is 5.92 Å². The van der Waals surface area contributed by atoms with Gasteiger partial charge in [-0.1, -0.05) is 30.3 Å². The lowest BCUT2D eigenvalue weighted by atomic mass is 9.96. The van der Waals surface area contributed by atoms with Crippen molar-refractivity contribution in [3.8, 4) is 0 Å². The summed E-state index contributed by atoms with van der Waals surface area (Å²) in [5, 5.41) is 0. The fourth-order valence-corrected chi connectivity index (χ4v) is 2.95. The number of hydrogen-bond acceptors (Lipinski definition) is 2. The van der Waals surface area contributed by atoms with E-state index < -0.39 is 18.0 Å². The van der Waals surface area contributed by atoms with Gasteiger partial charge in [0, 0.05) is 26.2 Å². The Morgan fingerprint density at radius 3 is 2.50 bits per heavy atom. The molecule has 2 rings (SSSR count).